The van der Waals surface area contributed by atoms with Gasteiger partial charge in [-0.3, -0.25) is 0 Å². The fraction of sp³-hybridized carbons (Fsp3) is 0.444. The average molecular weight is 329 g/mol. The molecule has 0 radical (unpaired) electrons. The molecule has 23 heavy (non-hydrogen) atoms. The summed E-state index contributed by atoms with van der Waals surface area (Å²) in [6, 6.07) is 9.94. The van der Waals surface area contributed by atoms with Crippen LogP contribution in [0.1, 0.15) is 24.8 Å². The lowest BCUT2D eigenvalue weighted by Crippen LogP contribution is -2.37. The lowest BCUT2D eigenvalue weighted by molar-refractivity contribution is 0.232. The van der Waals surface area contributed by atoms with Gasteiger partial charge in [-0.15, -0.1) is 0 Å². The Hall–Kier alpha value is -1.72. The van der Waals surface area contributed by atoms with E-state index in [1.807, 2.05) is 24.3 Å². The molecular weight excluding hydrogens is 306 g/mol. The van der Waals surface area contributed by atoms with Gasteiger partial charge in [0.15, 0.2) is 0 Å². The Labute approximate surface area is 142 Å². The van der Waals surface area contributed by atoms with Gasteiger partial charge >= 0.3 is 0 Å². The molecular formula is C18H23N3OS. The highest BCUT2D eigenvalue weighted by molar-refractivity contribution is 7.80. The van der Waals surface area contributed by atoms with Crippen LogP contribution in [0.25, 0.3) is 10.9 Å². The van der Waals surface area contributed by atoms with Crippen LogP contribution in [-0.2, 0) is 0 Å². The standard InChI is InChI=1S/C18H23N3OS/c1-22-17-13-15(14-7-3-4-8-16(14)20-17)18(23)19-9-12-21-10-5-2-6-11-21/h3-4,7-8,13H,2,5-6,9-12H2,1H3,(H,19,23). The summed E-state index contributed by atoms with van der Waals surface area (Å²) in [6.07, 6.45) is 4.00. The number of pyridine rings is 1. The van der Waals surface area contributed by atoms with Crippen LogP contribution in [0.5, 0.6) is 5.88 Å². The van der Waals surface area contributed by atoms with Crippen molar-refractivity contribution < 1.29 is 4.74 Å². The number of hydrogen-bond donors (Lipinski definition) is 1. The highest BCUT2D eigenvalue weighted by Gasteiger charge is 2.12. The number of ether oxygens (including phenoxy) is 1. The van der Waals surface area contributed by atoms with E-state index in [-0.39, 0.29) is 0 Å². The molecule has 0 unspecified atom stereocenters. The molecule has 4 nitrogen and oxygen atoms in total. The number of hydrogen-bond acceptors (Lipinski definition) is 4. The van der Waals surface area contributed by atoms with Crippen molar-refractivity contribution in [1.29, 1.82) is 0 Å². The van der Waals surface area contributed by atoms with Crippen molar-refractivity contribution in [2.45, 2.75) is 19.3 Å². The smallest absolute Gasteiger partial charge is 0.214 e. The molecule has 122 valence electrons. The first-order valence-corrected chi connectivity index (χ1v) is 8.63. The second kappa shape index (κ2) is 7.70. The Morgan fingerprint density at radius 3 is 2.83 bits per heavy atom. The summed E-state index contributed by atoms with van der Waals surface area (Å²) in [5.41, 5.74) is 1.89. The number of piperidine rings is 1. The summed E-state index contributed by atoms with van der Waals surface area (Å²) in [7, 11) is 1.63. The third-order valence-electron chi connectivity index (χ3n) is 4.31. The summed E-state index contributed by atoms with van der Waals surface area (Å²) in [5.74, 6) is 0.596. The van der Waals surface area contributed by atoms with Gasteiger partial charge in [0.1, 0.15) is 4.99 Å². The van der Waals surface area contributed by atoms with Crippen molar-refractivity contribution >= 4 is 28.1 Å². The number of nitrogens with one attached hydrogen (secondary N) is 1. The Morgan fingerprint density at radius 1 is 1.26 bits per heavy atom. The molecule has 2 aromatic rings. The number of thiocarbonyl (C=S) groups is 1. The number of methoxy groups -OCH3 is 1. The lowest BCUT2D eigenvalue weighted by atomic mass is 10.1. The maximum absolute atomic E-state index is 5.61. The minimum Gasteiger partial charge on any atom is -0.481 e. The average Bonchev–Trinajstić information content (AvgIpc) is 2.61. The number of para-hydroxylation sites is 1. The van der Waals surface area contributed by atoms with Gasteiger partial charge in [0.25, 0.3) is 0 Å². The number of aromatic nitrogens is 1. The molecule has 1 N–H and O–H groups in total. The molecule has 1 aliphatic rings. The highest BCUT2D eigenvalue weighted by atomic mass is 32.1. The molecule has 1 saturated heterocycles. The summed E-state index contributed by atoms with van der Waals surface area (Å²) in [5, 5.41) is 4.46. The Kier molecular flexibility index (Phi) is 5.41. The molecule has 1 aliphatic heterocycles. The van der Waals surface area contributed by atoms with Crippen molar-refractivity contribution in [2.24, 2.45) is 0 Å². The number of likely N-dealkylation sites (tertiary alicyclic amines) is 1. The van der Waals surface area contributed by atoms with Gasteiger partial charge in [-0.25, -0.2) is 4.98 Å². The zero-order valence-electron chi connectivity index (χ0n) is 13.5. The van der Waals surface area contributed by atoms with Crippen LogP contribution in [0.4, 0.5) is 0 Å². The zero-order valence-corrected chi connectivity index (χ0v) is 14.4. The third kappa shape index (κ3) is 3.98. The first-order valence-electron chi connectivity index (χ1n) is 8.22. The second-order valence-corrected chi connectivity index (χ2v) is 6.30. The molecule has 1 aromatic heterocycles. The SMILES string of the molecule is COc1cc(C(=S)NCCN2CCCCC2)c2ccccc2n1. The Bertz CT molecular complexity index is 683. The van der Waals surface area contributed by atoms with E-state index in [9.17, 15) is 0 Å². The quantitative estimate of drug-likeness (QED) is 0.854. The first-order chi connectivity index (χ1) is 11.3. The van der Waals surface area contributed by atoms with Crippen molar-refractivity contribution in [3.8, 4) is 5.88 Å². The van der Waals surface area contributed by atoms with E-state index in [0.717, 1.165) is 34.5 Å². The number of benzene rings is 1. The van der Waals surface area contributed by atoms with E-state index in [2.05, 4.69) is 21.3 Å². The Morgan fingerprint density at radius 2 is 2.04 bits per heavy atom. The normalized spacial score (nSPS) is 15.5. The number of fused-ring (bicyclic) bond motifs is 1. The van der Waals surface area contributed by atoms with Crippen molar-refractivity contribution in [3.05, 3.63) is 35.9 Å². The van der Waals surface area contributed by atoms with E-state index in [4.69, 9.17) is 17.0 Å². The molecule has 1 fully saturated rings. The summed E-state index contributed by atoms with van der Waals surface area (Å²) < 4.78 is 5.31. The highest BCUT2D eigenvalue weighted by Crippen LogP contribution is 2.22. The van der Waals surface area contributed by atoms with E-state index >= 15 is 0 Å². The van der Waals surface area contributed by atoms with Gasteiger partial charge in [0.05, 0.1) is 12.6 Å². The number of rotatable bonds is 5. The van der Waals surface area contributed by atoms with Gasteiger partial charge in [0.2, 0.25) is 5.88 Å². The first kappa shape index (κ1) is 16.1. The van der Waals surface area contributed by atoms with E-state index in [0.29, 0.717) is 5.88 Å². The monoisotopic (exact) mass is 329 g/mol. The van der Waals surface area contributed by atoms with Gasteiger partial charge in [0, 0.05) is 30.1 Å². The maximum Gasteiger partial charge on any atom is 0.214 e. The fourth-order valence-corrected chi connectivity index (χ4v) is 3.32. The van der Waals surface area contributed by atoms with Gasteiger partial charge in [-0.1, -0.05) is 36.8 Å². The van der Waals surface area contributed by atoms with Gasteiger partial charge in [-0.2, -0.15) is 0 Å². The molecule has 1 aromatic carbocycles. The topological polar surface area (TPSA) is 37.4 Å². The summed E-state index contributed by atoms with van der Waals surface area (Å²) >= 11 is 5.61. The molecule has 0 spiro atoms. The van der Waals surface area contributed by atoms with Crippen LogP contribution in [-0.4, -0.2) is 48.2 Å². The largest absolute Gasteiger partial charge is 0.481 e. The lowest BCUT2D eigenvalue weighted by Gasteiger charge is -2.26. The molecule has 0 bridgehead atoms. The molecule has 0 saturated carbocycles. The molecule has 0 amide bonds. The van der Waals surface area contributed by atoms with E-state index in [1.165, 1.54) is 32.4 Å². The van der Waals surface area contributed by atoms with Crippen LogP contribution >= 0.6 is 12.2 Å². The predicted molar refractivity (Wildman–Crippen MR) is 98.3 cm³/mol. The van der Waals surface area contributed by atoms with E-state index in [1.54, 1.807) is 7.11 Å². The van der Waals surface area contributed by atoms with Crippen LogP contribution in [0.2, 0.25) is 0 Å². The van der Waals surface area contributed by atoms with Gasteiger partial charge < -0.3 is 15.0 Å². The predicted octanol–water partition coefficient (Wildman–Crippen LogP) is 2.99. The maximum atomic E-state index is 5.61. The number of nitrogens with zero attached hydrogens (tertiary/aromatic N) is 2. The molecule has 0 aliphatic carbocycles. The third-order valence-corrected chi connectivity index (χ3v) is 4.67. The van der Waals surface area contributed by atoms with Gasteiger partial charge in [-0.05, 0) is 32.0 Å². The van der Waals surface area contributed by atoms with Crippen molar-refractivity contribution in [3.63, 3.8) is 0 Å². The molecule has 0 atom stereocenters. The fourth-order valence-electron chi connectivity index (χ4n) is 3.05. The van der Waals surface area contributed by atoms with Crippen LogP contribution in [0.15, 0.2) is 30.3 Å². The molecule has 2 heterocycles. The summed E-state index contributed by atoms with van der Waals surface area (Å²) in [4.78, 5) is 7.74. The van der Waals surface area contributed by atoms with Crippen LogP contribution in [0.3, 0.4) is 0 Å². The van der Waals surface area contributed by atoms with Crippen LogP contribution in [0, 0.1) is 0 Å². The zero-order chi connectivity index (χ0) is 16.1. The van der Waals surface area contributed by atoms with Crippen LogP contribution < -0.4 is 10.1 Å². The van der Waals surface area contributed by atoms with Crippen molar-refractivity contribution in [2.75, 3.05) is 33.3 Å². The summed E-state index contributed by atoms with van der Waals surface area (Å²) in [6.45, 7) is 4.33. The molecule has 5 heteroatoms. The van der Waals surface area contributed by atoms with Crippen molar-refractivity contribution in [1.82, 2.24) is 15.2 Å². The molecule has 3 rings (SSSR count). The second-order valence-electron chi connectivity index (χ2n) is 5.89. The minimum atomic E-state index is 0.596. The minimum absolute atomic E-state index is 0.596. The Balaban J connectivity index is 1.69. The van der Waals surface area contributed by atoms with E-state index < -0.39 is 0 Å².